The first kappa shape index (κ1) is 17.7. The molecule has 0 spiro atoms. The molecule has 1 atom stereocenters. The Balaban J connectivity index is 2.05. The molecule has 5 heteroatoms. The smallest absolute Gasteiger partial charge is 0.221 e. The molecule has 2 aromatic carbocycles. The summed E-state index contributed by atoms with van der Waals surface area (Å²) in [7, 11) is 0. The third-order valence-electron chi connectivity index (χ3n) is 4.27. The van der Waals surface area contributed by atoms with Crippen LogP contribution in [0, 0.1) is 17.1 Å². The average Bonchev–Trinajstić information content (AvgIpc) is 2.68. The lowest BCUT2D eigenvalue weighted by atomic mass is 10.1. The molecule has 132 valence electrons. The van der Waals surface area contributed by atoms with E-state index in [1.54, 1.807) is 53.5 Å². The number of nitrogens with zero attached hydrogens (tertiary/aromatic N) is 2. The van der Waals surface area contributed by atoms with Crippen LogP contribution in [0.1, 0.15) is 18.1 Å². The fourth-order valence-corrected chi connectivity index (χ4v) is 2.78. The lowest BCUT2D eigenvalue weighted by Crippen LogP contribution is -2.28. The van der Waals surface area contributed by atoms with Gasteiger partial charge in [0, 0.05) is 11.3 Å². The second-order valence-corrected chi connectivity index (χ2v) is 5.94. The highest BCUT2D eigenvalue weighted by molar-refractivity contribution is 5.66. The van der Waals surface area contributed by atoms with E-state index in [0.717, 1.165) is 17.7 Å². The van der Waals surface area contributed by atoms with E-state index in [0.29, 0.717) is 16.8 Å². The maximum atomic E-state index is 14.6. The van der Waals surface area contributed by atoms with Crippen LogP contribution in [0.4, 0.5) is 15.8 Å². The molecular formula is C21H19FN2O2. The van der Waals surface area contributed by atoms with Crippen molar-refractivity contribution in [3.05, 3.63) is 83.4 Å². The number of hydrogen-bond donors (Lipinski definition) is 1. The SMILES string of the molecule is CCc1ccc(F)c(N(CC2=CC=COC2O)c2ccc(C#N)cc2)c1. The van der Waals surface area contributed by atoms with Crippen LogP contribution >= 0.6 is 0 Å². The van der Waals surface area contributed by atoms with Crippen LogP contribution in [-0.2, 0) is 11.2 Å². The third-order valence-corrected chi connectivity index (χ3v) is 4.27. The summed E-state index contributed by atoms with van der Waals surface area (Å²) in [5.74, 6) is -0.353. The van der Waals surface area contributed by atoms with Gasteiger partial charge in [-0.2, -0.15) is 5.26 Å². The molecule has 0 aromatic heterocycles. The lowest BCUT2D eigenvalue weighted by molar-refractivity contribution is -0.0237. The number of aliphatic hydroxyl groups is 1. The maximum absolute atomic E-state index is 14.6. The van der Waals surface area contributed by atoms with Gasteiger partial charge in [0.1, 0.15) is 5.82 Å². The lowest BCUT2D eigenvalue weighted by Gasteiger charge is -2.29. The molecule has 0 saturated carbocycles. The molecule has 0 aliphatic carbocycles. The summed E-state index contributed by atoms with van der Waals surface area (Å²) in [4.78, 5) is 1.77. The minimum atomic E-state index is -1.07. The van der Waals surface area contributed by atoms with Gasteiger partial charge in [-0.1, -0.05) is 19.1 Å². The summed E-state index contributed by atoms with van der Waals surface area (Å²) < 4.78 is 19.7. The van der Waals surface area contributed by atoms with Crippen molar-refractivity contribution in [2.75, 3.05) is 11.4 Å². The van der Waals surface area contributed by atoms with Gasteiger partial charge in [0.05, 0.1) is 30.1 Å². The standard InChI is InChI=1S/C21H19FN2O2/c1-2-15-7-10-19(22)20(12-15)24(14-17-4-3-11-26-21(17)25)18-8-5-16(13-23)6-9-18/h3-12,21,25H,2,14H2,1H3. The summed E-state index contributed by atoms with van der Waals surface area (Å²) in [6.45, 7) is 2.26. The van der Waals surface area contributed by atoms with Gasteiger partial charge in [-0.3, -0.25) is 0 Å². The van der Waals surface area contributed by atoms with Gasteiger partial charge in [0.25, 0.3) is 0 Å². The Labute approximate surface area is 152 Å². The van der Waals surface area contributed by atoms with E-state index in [1.165, 1.54) is 12.3 Å². The summed E-state index contributed by atoms with van der Waals surface area (Å²) in [5, 5.41) is 19.1. The molecule has 1 aliphatic rings. The van der Waals surface area contributed by atoms with Gasteiger partial charge in [0.15, 0.2) is 0 Å². The summed E-state index contributed by atoms with van der Waals surface area (Å²) in [6, 6.07) is 14.0. The second kappa shape index (κ2) is 7.85. The van der Waals surface area contributed by atoms with E-state index >= 15 is 0 Å². The molecule has 1 N–H and O–H groups in total. The molecule has 2 aromatic rings. The normalized spacial score (nSPS) is 15.8. The fraction of sp³-hybridized carbons (Fsp3) is 0.190. The van der Waals surface area contributed by atoms with Gasteiger partial charge in [0.2, 0.25) is 6.29 Å². The van der Waals surface area contributed by atoms with Crippen molar-refractivity contribution in [3.63, 3.8) is 0 Å². The Morgan fingerprint density at radius 2 is 2.00 bits per heavy atom. The molecule has 4 nitrogen and oxygen atoms in total. The van der Waals surface area contributed by atoms with Crippen molar-refractivity contribution >= 4 is 11.4 Å². The molecule has 26 heavy (non-hydrogen) atoms. The van der Waals surface area contributed by atoms with Gasteiger partial charge in [-0.25, -0.2) is 4.39 Å². The van der Waals surface area contributed by atoms with Gasteiger partial charge < -0.3 is 14.7 Å². The Morgan fingerprint density at radius 3 is 2.65 bits per heavy atom. The molecule has 0 amide bonds. The Hall–Kier alpha value is -3.10. The molecule has 0 bridgehead atoms. The summed E-state index contributed by atoms with van der Waals surface area (Å²) >= 11 is 0. The zero-order valence-electron chi connectivity index (χ0n) is 14.4. The van der Waals surface area contributed by atoms with Crippen LogP contribution in [0.5, 0.6) is 0 Å². The predicted molar refractivity (Wildman–Crippen MR) is 98.3 cm³/mol. The molecular weight excluding hydrogens is 331 g/mol. The first-order valence-electron chi connectivity index (χ1n) is 8.37. The highest BCUT2D eigenvalue weighted by Crippen LogP contribution is 2.31. The molecule has 1 heterocycles. The fourth-order valence-electron chi connectivity index (χ4n) is 2.78. The highest BCUT2D eigenvalue weighted by Gasteiger charge is 2.21. The van der Waals surface area contributed by atoms with Crippen LogP contribution < -0.4 is 4.90 Å². The molecule has 0 saturated heterocycles. The molecule has 3 rings (SSSR count). The first-order valence-corrected chi connectivity index (χ1v) is 8.37. The zero-order valence-corrected chi connectivity index (χ0v) is 14.4. The third kappa shape index (κ3) is 3.76. The molecule has 0 radical (unpaired) electrons. The summed E-state index contributed by atoms with van der Waals surface area (Å²) in [5.41, 5.74) is 3.28. The van der Waals surface area contributed by atoms with Crippen LogP contribution in [0.25, 0.3) is 0 Å². The number of anilines is 2. The number of benzene rings is 2. The zero-order chi connectivity index (χ0) is 18.5. The minimum absolute atomic E-state index is 0.251. The Kier molecular flexibility index (Phi) is 5.35. The molecule has 1 aliphatic heterocycles. The summed E-state index contributed by atoms with van der Waals surface area (Å²) in [6.07, 6.45) is 4.58. The van der Waals surface area contributed by atoms with Crippen LogP contribution in [0.15, 0.2) is 66.5 Å². The number of allylic oxidation sites excluding steroid dienone is 2. The predicted octanol–water partition coefficient (Wildman–Crippen LogP) is 4.19. The van der Waals surface area contributed by atoms with Crippen molar-refractivity contribution in [2.45, 2.75) is 19.6 Å². The van der Waals surface area contributed by atoms with E-state index < -0.39 is 6.29 Å². The van der Waals surface area contributed by atoms with Gasteiger partial charge in [-0.15, -0.1) is 0 Å². The van der Waals surface area contributed by atoms with Crippen molar-refractivity contribution in [2.24, 2.45) is 0 Å². The number of aryl methyl sites for hydroxylation is 1. The first-order chi connectivity index (χ1) is 12.6. The number of ether oxygens (including phenoxy) is 1. The van der Waals surface area contributed by atoms with Crippen molar-refractivity contribution < 1.29 is 14.2 Å². The quantitative estimate of drug-likeness (QED) is 0.879. The Morgan fingerprint density at radius 1 is 1.23 bits per heavy atom. The number of hydrogen-bond acceptors (Lipinski definition) is 4. The topological polar surface area (TPSA) is 56.5 Å². The van der Waals surface area contributed by atoms with E-state index in [1.807, 2.05) is 6.92 Å². The number of nitriles is 1. The van der Waals surface area contributed by atoms with Crippen molar-refractivity contribution in [1.29, 1.82) is 5.26 Å². The highest BCUT2D eigenvalue weighted by atomic mass is 19.1. The number of halogens is 1. The monoisotopic (exact) mass is 350 g/mol. The number of aliphatic hydroxyl groups excluding tert-OH is 1. The second-order valence-electron chi connectivity index (χ2n) is 5.94. The van der Waals surface area contributed by atoms with E-state index in [9.17, 15) is 9.50 Å². The van der Waals surface area contributed by atoms with Gasteiger partial charge >= 0.3 is 0 Å². The molecule has 1 unspecified atom stereocenters. The molecule has 0 fully saturated rings. The van der Waals surface area contributed by atoms with Crippen LogP contribution in [0.2, 0.25) is 0 Å². The van der Waals surface area contributed by atoms with Crippen LogP contribution in [0.3, 0.4) is 0 Å². The maximum Gasteiger partial charge on any atom is 0.221 e. The van der Waals surface area contributed by atoms with Crippen molar-refractivity contribution in [3.8, 4) is 6.07 Å². The van der Waals surface area contributed by atoms with E-state index in [2.05, 4.69) is 6.07 Å². The van der Waals surface area contributed by atoms with E-state index in [4.69, 9.17) is 10.00 Å². The Bertz CT molecular complexity index is 882. The largest absolute Gasteiger partial charge is 0.469 e. The average molecular weight is 350 g/mol. The van der Waals surface area contributed by atoms with Crippen LogP contribution in [-0.4, -0.2) is 17.9 Å². The van der Waals surface area contributed by atoms with E-state index in [-0.39, 0.29) is 12.4 Å². The van der Waals surface area contributed by atoms with Gasteiger partial charge in [-0.05, 0) is 54.5 Å². The van der Waals surface area contributed by atoms with Crippen molar-refractivity contribution in [1.82, 2.24) is 0 Å². The minimum Gasteiger partial charge on any atom is -0.469 e. The number of rotatable bonds is 5.